The second-order valence-electron chi connectivity index (χ2n) is 9.35. The predicted molar refractivity (Wildman–Crippen MR) is 122 cm³/mol. The van der Waals surface area contributed by atoms with Gasteiger partial charge in [-0.3, -0.25) is 4.90 Å². The maximum Gasteiger partial charge on any atom is 0.417 e. The summed E-state index contributed by atoms with van der Waals surface area (Å²) in [5, 5.41) is 0. The molecule has 1 N–H and O–H groups in total. The average Bonchev–Trinajstić information content (AvgIpc) is 2.73. The normalized spacial score (nSPS) is 16.8. The number of halogens is 3. The zero-order valence-electron chi connectivity index (χ0n) is 19.4. The van der Waals surface area contributed by atoms with Gasteiger partial charge in [0.25, 0.3) is 0 Å². The van der Waals surface area contributed by atoms with E-state index in [1.165, 1.54) is 13.2 Å². The van der Waals surface area contributed by atoms with Crippen molar-refractivity contribution in [3.05, 3.63) is 53.6 Å². The number of nitrogens with one attached hydrogen (secondary N) is 1. The number of piperidine rings is 1. The first-order valence-electron chi connectivity index (χ1n) is 10.9. The molecule has 0 aromatic heterocycles. The van der Waals surface area contributed by atoms with Crippen molar-refractivity contribution < 1.29 is 26.3 Å². The van der Waals surface area contributed by atoms with E-state index in [9.17, 15) is 21.6 Å². The number of rotatable bonds is 6. The van der Waals surface area contributed by atoms with Crippen LogP contribution in [0, 0.1) is 0 Å². The van der Waals surface area contributed by atoms with Crippen molar-refractivity contribution in [2.45, 2.75) is 62.9 Å². The summed E-state index contributed by atoms with van der Waals surface area (Å²) in [5.41, 5.74) is 0.352. The van der Waals surface area contributed by atoms with Gasteiger partial charge in [0.2, 0.25) is 10.0 Å². The van der Waals surface area contributed by atoms with Gasteiger partial charge in [-0.1, -0.05) is 30.3 Å². The smallest absolute Gasteiger partial charge is 0.380 e. The zero-order chi connectivity index (χ0) is 24.4. The van der Waals surface area contributed by atoms with Crippen molar-refractivity contribution in [1.29, 1.82) is 0 Å². The molecule has 1 heterocycles. The van der Waals surface area contributed by atoms with Gasteiger partial charge in [0, 0.05) is 31.8 Å². The van der Waals surface area contributed by atoms with Crippen LogP contribution < -0.4 is 4.72 Å². The quantitative estimate of drug-likeness (QED) is 0.623. The number of alkyl halides is 3. The summed E-state index contributed by atoms with van der Waals surface area (Å²) >= 11 is 0. The first kappa shape index (κ1) is 25.7. The summed E-state index contributed by atoms with van der Waals surface area (Å²) in [4.78, 5) is 1.49. The fourth-order valence-corrected chi connectivity index (χ4v) is 5.70. The number of hydrogen-bond donors (Lipinski definition) is 1. The Kier molecular flexibility index (Phi) is 7.58. The monoisotopic (exact) mass is 484 g/mol. The Morgan fingerprint density at radius 3 is 2.27 bits per heavy atom. The molecular weight excluding hydrogens is 453 g/mol. The third-order valence-electron chi connectivity index (χ3n) is 5.97. The Bertz CT molecular complexity index is 1070. The molecule has 0 amide bonds. The van der Waals surface area contributed by atoms with Crippen LogP contribution in [0.5, 0.6) is 0 Å². The third kappa shape index (κ3) is 6.15. The van der Waals surface area contributed by atoms with Crippen LogP contribution in [-0.4, -0.2) is 45.1 Å². The van der Waals surface area contributed by atoms with Crippen LogP contribution in [0.2, 0.25) is 0 Å². The van der Waals surface area contributed by atoms with Crippen molar-refractivity contribution >= 4 is 10.0 Å². The highest BCUT2D eigenvalue weighted by Crippen LogP contribution is 2.38. The van der Waals surface area contributed by atoms with Crippen molar-refractivity contribution in [1.82, 2.24) is 9.62 Å². The number of hydrogen-bond acceptors (Lipinski definition) is 4. The second-order valence-corrected chi connectivity index (χ2v) is 11.0. The minimum Gasteiger partial charge on any atom is -0.380 e. The lowest BCUT2D eigenvalue weighted by Crippen LogP contribution is -2.50. The van der Waals surface area contributed by atoms with Crippen LogP contribution in [0.1, 0.15) is 44.7 Å². The van der Waals surface area contributed by atoms with Crippen LogP contribution in [-0.2, 0) is 27.5 Å². The number of methoxy groups -OCH3 is 1. The standard InChI is InChI=1S/C24H31F3N2O3S/c1-23(2,3)29-13-11-19(12-14-29)28-33(30,31)22-10-9-17(15-21(22)24(25,26)27)20-8-6-5-7-18(20)16-32-4/h5-10,15,19,28H,11-14,16H2,1-4H3. The molecule has 2 aromatic carbocycles. The molecule has 0 saturated carbocycles. The zero-order valence-corrected chi connectivity index (χ0v) is 20.2. The SMILES string of the molecule is COCc1ccccc1-c1ccc(S(=O)(=O)NC2CCN(C(C)(C)C)CC2)c(C(F)(F)F)c1. The Hall–Kier alpha value is -1.94. The average molecular weight is 485 g/mol. The summed E-state index contributed by atoms with van der Waals surface area (Å²) in [7, 11) is -2.85. The molecule has 1 aliphatic rings. The molecule has 0 atom stereocenters. The predicted octanol–water partition coefficient (Wildman–Crippen LogP) is 5.06. The van der Waals surface area contributed by atoms with Crippen molar-refractivity contribution in [2.24, 2.45) is 0 Å². The molecule has 1 fully saturated rings. The van der Waals surface area contributed by atoms with Crippen LogP contribution in [0.15, 0.2) is 47.4 Å². The fourth-order valence-electron chi connectivity index (χ4n) is 4.19. The van der Waals surface area contributed by atoms with Gasteiger partial charge in [-0.25, -0.2) is 13.1 Å². The molecule has 33 heavy (non-hydrogen) atoms. The van der Waals surface area contributed by atoms with Gasteiger partial charge >= 0.3 is 6.18 Å². The van der Waals surface area contributed by atoms with Crippen molar-refractivity contribution in [3.63, 3.8) is 0 Å². The molecule has 0 spiro atoms. The summed E-state index contributed by atoms with van der Waals surface area (Å²) in [6.07, 6.45) is -3.74. The van der Waals surface area contributed by atoms with Crippen LogP contribution in [0.4, 0.5) is 13.2 Å². The topological polar surface area (TPSA) is 58.6 Å². The molecule has 0 unspecified atom stereocenters. The number of sulfonamides is 1. The molecule has 1 saturated heterocycles. The van der Waals surface area contributed by atoms with E-state index in [0.717, 1.165) is 12.1 Å². The molecule has 5 nitrogen and oxygen atoms in total. The molecular formula is C24H31F3N2O3S. The fraction of sp³-hybridized carbons (Fsp3) is 0.500. The molecule has 3 rings (SSSR count). The van der Waals surface area contributed by atoms with Gasteiger partial charge in [-0.2, -0.15) is 13.2 Å². The number of ether oxygens (including phenoxy) is 1. The maximum atomic E-state index is 14.0. The summed E-state index contributed by atoms with van der Waals surface area (Å²) in [6, 6.07) is 9.92. The van der Waals surface area contributed by atoms with Crippen molar-refractivity contribution in [3.8, 4) is 11.1 Å². The maximum absolute atomic E-state index is 14.0. The van der Waals surface area contributed by atoms with Gasteiger partial charge in [0.15, 0.2) is 0 Å². The van der Waals surface area contributed by atoms with Crippen LogP contribution in [0.3, 0.4) is 0 Å². The highest BCUT2D eigenvalue weighted by atomic mass is 32.2. The van der Waals surface area contributed by atoms with Gasteiger partial charge in [-0.15, -0.1) is 0 Å². The van der Waals surface area contributed by atoms with Crippen molar-refractivity contribution in [2.75, 3.05) is 20.2 Å². The Morgan fingerprint density at radius 2 is 1.70 bits per heavy atom. The third-order valence-corrected chi connectivity index (χ3v) is 7.55. The summed E-state index contributed by atoms with van der Waals surface area (Å²) < 4.78 is 75.6. The minimum absolute atomic E-state index is 0.0394. The molecule has 0 aliphatic carbocycles. The van der Waals surface area contributed by atoms with Gasteiger partial charge in [0.1, 0.15) is 0 Å². The lowest BCUT2D eigenvalue weighted by Gasteiger charge is -2.40. The lowest BCUT2D eigenvalue weighted by atomic mass is 9.98. The van der Waals surface area contributed by atoms with E-state index < -0.39 is 32.7 Å². The number of likely N-dealkylation sites (tertiary alicyclic amines) is 1. The highest BCUT2D eigenvalue weighted by molar-refractivity contribution is 7.89. The number of benzene rings is 2. The summed E-state index contributed by atoms with van der Waals surface area (Å²) in [5.74, 6) is 0. The lowest BCUT2D eigenvalue weighted by molar-refractivity contribution is -0.139. The Labute approximate surface area is 194 Å². The van der Waals surface area contributed by atoms with Crippen LogP contribution >= 0.6 is 0 Å². The van der Waals surface area contributed by atoms with Gasteiger partial charge in [0.05, 0.1) is 17.1 Å². The van der Waals surface area contributed by atoms with E-state index >= 15 is 0 Å². The molecule has 0 radical (unpaired) electrons. The molecule has 2 aromatic rings. The van der Waals surface area contributed by atoms with Gasteiger partial charge < -0.3 is 4.74 Å². The first-order valence-corrected chi connectivity index (χ1v) is 12.4. The molecule has 182 valence electrons. The van der Waals surface area contributed by atoms with Gasteiger partial charge in [-0.05, 0) is 62.4 Å². The highest BCUT2D eigenvalue weighted by Gasteiger charge is 2.39. The molecule has 9 heteroatoms. The largest absolute Gasteiger partial charge is 0.417 e. The van der Waals surface area contributed by atoms with E-state index in [1.807, 2.05) is 0 Å². The van der Waals surface area contributed by atoms with E-state index in [-0.39, 0.29) is 17.7 Å². The second kappa shape index (κ2) is 9.74. The van der Waals surface area contributed by atoms with E-state index in [4.69, 9.17) is 4.74 Å². The van der Waals surface area contributed by atoms with E-state index in [1.54, 1.807) is 24.3 Å². The van der Waals surface area contributed by atoms with E-state index in [0.29, 0.717) is 37.1 Å². The Morgan fingerprint density at radius 1 is 1.06 bits per heavy atom. The van der Waals surface area contributed by atoms with Crippen LogP contribution in [0.25, 0.3) is 11.1 Å². The first-order chi connectivity index (χ1) is 15.3. The molecule has 1 aliphatic heterocycles. The summed E-state index contributed by atoms with van der Waals surface area (Å²) in [6.45, 7) is 7.83. The van der Waals surface area contributed by atoms with E-state index in [2.05, 4.69) is 30.4 Å². The molecule has 0 bridgehead atoms. The minimum atomic E-state index is -4.83. The number of nitrogens with zero attached hydrogens (tertiary/aromatic N) is 1. The Balaban J connectivity index is 1.91.